The minimum Gasteiger partial charge on any atom is -0.493 e. The van der Waals surface area contributed by atoms with Crippen molar-refractivity contribution >= 4 is 17.8 Å². The second-order valence-electron chi connectivity index (χ2n) is 5.72. The lowest BCUT2D eigenvalue weighted by atomic mass is 10.3. The number of pyridine rings is 1. The molecule has 0 fully saturated rings. The first kappa shape index (κ1) is 31.4. The summed E-state index contributed by atoms with van der Waals surface area (Å²) < 4.78 is 39.3. The molecule has 0 aliphatic rings. The molecule has 1 amide bonds. The first-order valence-corrected chi connectivity index (χ1v) is 9.52. The lowest BCUT2D eigenvalue weighted by Crippen LogP contribution is -2.18. The number of nitrogens with two attached hydrogens (primary N) is 1. The van der Waals surface area contributed by atoms with E-state index in [1.54, 1.807) is 25.2 Å². The van der Waals surface area contributed by atoms with Crippen molar-refractivity contribution in [2.75, 3.05) is 20.6 Å². The molecule has 0 aliphatic carbocycles. The predicted octanol–water partition coefficient (Wildman–Crippen LogP) is 3.60. The minimum absolute atomic E-state index is 0.0556. The molecule has 0 aliphatic heterocycles. The van der Waals surface area contributed by atoms with E-state index in [0.29, 0.717) is 12.2 Å². The van der Waals surface area contributed by atoms with Crippen LogP contribution in [-0.4, -0.2) is 49.6 Å². The van der Waals surface area contributed by atoms with E-state index in [0.717, 1.165) is 0 Å². The third-order valence-corrected chi connectivity index (χ3v) is 3.16. The van der Waals surface area contributed by atoms with Gasteiger partial charge in [-0.1, -0.05) is 26.2 Å². The zero-order chi connectivity index (χ0) is 25.8. The number of ether oxygens (including phenoxy) is 4. The van der Waals surface area contributed by atoms with Gasteiger partial charge in [0.25, 0.3) is 5.91 Å². The van der Waals surface area contributed by atoms with E-state index in [9.17, 15) is 23.2 Å². The van der Waals surface area contributed by atoms with E-state index in [1.165, 1.54) is 26.3 Å². The van der Waals surface area contributed by atoms with Gasteiger partial charge in [0.05, 0.1) is 7.11 Å². The molecule has 1 unspecified atom stereocenters. The van der Waals surface area contributed by atoms with Crippen molar-refractivity contribution in [1.29, 1.82) is 0 Å². The van der Waals surface area contributed by atoms with Crippen molar-refractivity contribution in [2.24, 2.45) is 5.73 Å². The van der Waals surface area contributed by atoms with Crippen molar-refractivity contribution < 1.29 is 42.1 Å². The SMILES string of the molecule is C=C/C=C(\C=C)OC(C)COC(=O)CC.COc1ccnc(C(N)=O)c1OC(C)=O.FCF. The molecule has 1 aromatic heterocycles. The van der Waals surface area contributed by atoms with Crippen molar-refractivity contribution in [3.8, 4) is 11.5 Å². The summed E-state index contributed by atoms with van der Waals surface area (Å²) in [7, 11) is 1.38. The van der Waals surface area contributed by atoms with Crippen LogP contribution in [0, 0.1) is 0 Å². The summed E-state index contributed by atoms with van der Waals surface area (Å²) in [5.74, 6) is -0.800. The molecule has 1 atom stereocenters. The van der Waals surface area contributed by atoms with Gasteiger partial charge < -0.3 is 24.7 Å². The fourth-order valence-electron chi connectivity index (χ4n) is 1.86. The summed E-state index contributed by atoms with van der Waals surface area (Å²) in [5.41, 5.74) is 4.93. The molecule has 1 aromatic rings. The van der Waals surface area contributed by atoms with Crippen molar-refractivity contribution in [1.82, 2.24) is 4.98 Å². The zero-order valence-electron chi connectivity index (χ0n) is 19.1. The number of hydrogen-bond donors (Lipinski definition) is 1. The van der Waals surface area contributed by atoms with Crippen LogP contribution in [-0.2, 0) is 19.1 Å². The van der Waals surface area contributed by atoms with Gasteiger partial charge >= 0.3 is 11.9 Å². The summed E-state index contributed by atoms with van der Waals surface area (Å²) >= 11 is 0. The third-order valence-electron chi connectivity index (χ3n) is 3.16. The van der Waals surface area contributed by atoms with E-state index < -0.39 is 18.8 Å². The summed E-state index contributed by atoms with van der Waals surface area (Å²) in [5, 5.41) is 0. The molecular weight excluding hydrogens is 442 g/mol. The van der Waals surface area contributed by atoms with Gasteiger partial charge in [-0.2, -0.15) is 0 Å². The molecule has 0 saturated heterocycles. The Morgan fingerprint density at radius 3 is 2.30 bits per heavy atom. The number of rotatable bonds is 10. The molecule has 0 spiro atoms. The topological polar surface area (TPSA) is 127 Å². The standard InChI is InChI=1S/C12H18O3.C9H10N2O4.CH2F2/c1-5-8-11(6-2)15-10(4)9-14-12(13)7-3;1-5(12)15-8-6(14-2)3-4-11-7(8)9(10)13;2-1-3/h5-6,8,10H,1-2,7,9H2,3-4H3;3-4H,1-2H3,(H2,10,13);1H2/b11-8+;;. The highest BCUT2D eigenvalue weighted by molar-refractivity contribution is 5.95. The van der Waals surface area contributed by atoms with Crippen molar-refractivity contribution in [3.63, 3.8) is 0 Å². The van der Waals surface area contributed by atoms with Gasteiger partial charge in [-0.25, -0.2) is 13.8 Å². The van der Waals surface area contributed by atoms with E-state index in [-0.39, 0.29) is 35.9 Å². The lowest BCUT2D eigenvalue weighted by Gasteiger charge is -2.14. The fraction of sp³-hybridized carbons (Fsp3) is 0.364. The first-order chi connectivity index (χ1) is 15.6. The maximum atomic E-state index is 11.0. The van der Waals surface area contributed by atoms with Crippen LogP contribution in [0.3, 0.4) is 0 Å². The largest absolute Gasteiger partial charge is 0.493 e. The first-order valence-electron chi connectivity index (χ1n) is 9.52. The molecule has 0 saturated carbocycles. The quantitative estimate of drug-likeness (QED) is 0.311. The van der Waals surface area contributed by atoms with Gasteiger partial charge in [0.15, 0.2) is 11.4 Å². The van der Waals surface area contributed by atoms with Crippen molar-refractivity contribution in [2.45, 2.75) is 33.3 Å². The number of aromatic nitrogens is 1. The average Bonchev–Trinajstić information content (AvgIpc) is 2.77. The number of amides is 1. The van der Waals surface area contributed by atoms with Gasteiger partial charge in [0, 0.05) is 25.6 Å². The van der Waals surface area contributed by atoms with Gasteiger partial charge in [0.1, 0.15) is 18.5 Å². The van der Waals surface area contributed by atoms with Crippen LogP contribution < -0.4 is 15.2 Å². The predicted molar refractivity (Wildman–Crippen MR) is 118 cm³/mol. The number of alkyl halides is 2. The van der Waals surface area contributed by atoms with Crippen LogP contribution in [0.25, 0.3) is 0 Å². The summed E-state index contributed by atoms with van der Waals surface area (Å²) in [6.07, 6.45) is 6.42. The second kappa shape index (κ2) is 19.0. The van der Waals surface area contributed by atoms with Crippen LogP contribution in [0.2, 0.25) is 0 Å². The molecule has 0 aromatic carbocycles. The van der Waals surface area contributed by atoms with Crippen LogP contribution in [0.5, 0.6) is 11.5 Å². The Kier molecular flexibility index (Phi) is 18.1. The molecular formula is C22H30F2N2O7. The lowest BCUT2D eigenvalue weighted by molar-refractivity contribution is -0.146. The Bertz CT molecular complexity index is 814. The molecule has 0 bridgehead atoms. The Morgan fingerprint density at radius 1 is 1.27 bits per heavy atom. The Hall–Kier alpha value is -3.76. The van der Waals surface area contributed by atoms with Crippen molar-refractivity contribution in [3.05, 3.63) is 55.1 Å². The smallest absolute Gasteiger partial charge is 0.308 e. The number of hydrogen-bond acceptors (Lipinski definition) is 8. The van der Waals surface area contributed by atoms with Crippen LogP contribution in [0.1, 0.15) is 37.7 Å². The number of methoxy groups -OCH3 is 1. The number of halogens is 2. The Labute approximate surface area is 191 Å². The number of carbonyl (C=O) groups excluding carboxylic acids is 3. The van der Waals surface area contributed by atoms with E-state index in [4.69, 9.17) is 24.7 Å². The minimum atomic E-state index is -1.75. The molecule has 2 N–H and O–H groups in total. The molecule has 1 heterocycles. The van der Waals surface area contributed by atoms with Gasteiger partial charge in [-0.15, -0.1) is 0 Å². The highest BCUT2D eigenvalue weighted by Crippen LogP contribution is 2.29. The Balaban J connectivity index is 0. The molecule has 1 rings (SSSR count). The van der Waals surface area contributed by atoms with E-state index >= 15 is 0 Å². The number of carbonyl (C=O) groups is 3. The molecule has 33 heavy (non-hydrogen) atoms. The number of esters is 2. The third kappa shape index (κ3) is 14.8. The normalized spacial score (nSPS) is 10.7. The number of primary amides is 1. The molecule has 184 valence electrons. The summed E-state index contributed by atoms with van der Waals surface area (Å²) in [4.78, 5) is 36.4. The maximum absolute atomic E-state index is 11.0. The monoisotopic (exact) mass is 472 g/mol. The average molecular weight is 472 g/mol. The van der Waals surface area contributed by atoms with Crippen LogP contribution in [0.15, 0.2) is 49.4 Å². The second-order valence-corrected chi connectivity index (χ2v) is 5.72. The highest BCUT2D eigenvalue weighted by atomic mass is 19.3. The number of nitrogens with zero attached hydrogens (tertiary/aromatic N) is 1. The molecule has 11 heteroatoms. The van der Waals surface area contributed by atoms with Crippen LogP contribution >= 0.6 is 0 Å². The highest BCUT2D eigenvalue weighted by Gasteiger charge is 2.18. The van der Waals surface area contributed by atoms with Crippen LogP contribution in [0.4, 0.5) is 8.78 Å². The molecule has 0 radical (unpaired) electrons. The van der Waals surface area contributed by atoms with E-state index in [2.05, 4.69) is 18.1 Å². The number of allylic oxidation sites excluding steroid dienone is 3. The molecule has 9 nitrogen and oxygen atoms in total. The maximum Gasteiger partial charge on any atom is 0.308 e. The van der Waals surface area contributed by atoms with Gasteiger partial charge in [-0.3, -0.25) is 14.4 Å². The Morgan fingerprint density at radius 2 is 1.88 bits per heavy atom. The summed E-state index contributed by atoms with van der Waals surface area (Å²) in [6.45, 7) is 10.4. The van der Waals surface area contributed by atoms with Gasteiger partial charge in [0.2, 0.25) is 12.7 Å². The van der Waals surface area contributed by atoms with E-state index in [1.807, 2.05) is 6.92 Å². The van der Waals surface area contributed by atoms with Gasteiger partial charge in [-0.05, 0) is 19.1 Å². The summed E-state index contributed by atoms with van der Waals surface area (Å²) in [6, 6.07) is 1.46. The fourth-order valence-corrected chi connectivity index (χ4v) is 1.86. The zero-order valence-corrected chi connectivity index (χ0v) is 19.1.